The third-order valence-corrected chi connectivity index (χ3v) is 12.9. The molecule has 2 aliphatic heterocycles. The van der Waals surface area contributed by atoms with E-state index in [1.807, 2.05) is 24.4 Å². The Morgan fingerprint density at radius 1 is 0.855 bits per heavy atom. The molecule has 9 nitrogen and oxygen atoms in total. The first-order valence-corrected chi connectivity index (χ1v) is 20.0. The Bertz CT molecular complexity index is 2310. The minimum Gasteiger partial charge on any atom is -0.507 e. The number of ether oxygens (including phenoxy) is 4. The van der Waals surface area contributed by atoms with Crippen LogP contribution in [0.15, 0.2) is 66.9 Å². The summed E-state index contributed by atoms with van der Waals surface area (Å²) in [5.41, 5.74) is 10.6. The number of aliphatic hydroxyl groups excluding tert-OH is 1. The Hall–Kier alpha value is -4.96. The number of hydrogen-bond donors (Lipinski definition) is 5. The number of rotatable bonds is 8. The van der Waals surface area contributed by atoms with Gasteiger partial charge < -0.3 is 39.3 Å². The lowest BCUT2D eigenvalue weighted by molar-refractivity contribution is -0.0486. The topological polar surface area (TPSA) is 125 Å². The molecule has 1 fully saturated rings. The molecule has 5 atom stereocenters. The molecule has 0 unspecified atom stereocenters. The van der Waals surface area contributed by atoms with Crippen LogP contribution in [-0.4, -0.2) is 59.0 Å². The minimum absolute atomic E-state index is 0.0526. The maximum Gasteiger partial charge on any atom is 0.160 e. The highest BCUT2D eigenvalue weighted by molar-refractivity contribution is 5.89. The number of allylic oxidation sites excluding steroid dienone is 1. The van der Waals surface area contributed by atoms with Crippen LogP contribution in [0.1, 0.15) is 95.4 Å². The predicted octanol–water partition coefficient (Wildman–Crippen LogP) is 8.33. The highest BCUT2D eigenvalue weighted by Crippen LogP contribution is 2.59. The number of aromatic hydroxyl groups is 2. The number of hydrogen-bond acceptors (Lipinski definition) is 8. The van der Waals surface area contributed by atoms with Gasteiger partial charge in [-0.15, -0.1) is 0 Å². The maximum atomic E-state index is 11.3. The van der Waals surface area contributed by atoms with E-state index < -0.39 is 6.10 Å². The van der Waals surface area contributed by atoms with Gasteiger partial charge >= 0.3 is 0 Å². The third-order valence-electron chi connectivity index (χ3n) is 12.9. The summed E-state index contributed by atoms with van der Waals surface area (Å²) >= 11 is 0. The maximum absolute atomic E-state index is 11.3. The summed E-state index contributed by atoms with van der Waals surface area (Å²) in [7, 11) is 1.56. The van der Waals surface area contributed by atoms with E-state index in [-0.39, 0.29) is 42.1 Å². The summed E-state index contributed by atoms with van der Waals surface area (Å²) in [5.74, 6) is 2.47. The lowest BCUT2D eigenvalue weighted by Gasteiger charge is -2.43. The number of phenolic OH excluding ortho intramolecular Hbond substituents is 2. The van der Waals surface area contributed by atoms with Gasteiger partial charge in [0.1, 0.15) is 29.5 Å². The van der Waals surface area contributed by atoms with Crippen molar-refractivity contribution in [2.45, 2.75) is 94.0 Å². The molecule has 0 radical (unpaired) electrons. The lowest BCUT2D eigenvalue weighted by atomic mass is 9.65. The van der Waals surface area contributed by atoms with E-state index in [2.05, 4.69) is 52.8 Å². The van der Waals surface area contributed by atoms with Crippen molar-refractivity contribution >= 4 is 17.0 Å². The van der Waals surface area contributed by atoms with Crippen molar-refractivity contribution in [1.82, 2.24) is 10.3 Å². The van der Waals surface area contributed by atoms with Crippen LogP contribution in [0.2, 0.25) is 0 Å². The number of H-pyrrole nitrogens is 1. The number of fused-ring (bicyclic) bond motifs is 8. The molecule has 5 aromatic rings. The Kier molecular flexibility index (Phi) is 8.76. The molecule has 5 N–H and O–H groups in total. The molecule has 0 amide bonds. The fourth-order valence-electron chi connectivity index (χ4n) is 10.1. The fourth-order valence-corrected chi connectivity index (χ4v) is 10.1. The Balaban J connectivity index is 1.12. The van der Waals surface area contributed by atoms with Crippen LogP contribution in [0.25, 0.3) is 28.1 Å². The van der Waals surface area contributed by atoms with Crippen molar-refractivity contribution in [3.8, 4) is 39.9 Å². The van der Waals surface area contributed by atoms with Gasteiger partial charge in [-0.05, 0) is 108 Å². The van der Waals surface area contributed by atoms with E-state index in [4.69, 9.17) is 18.9 Å². The van der Waals surface area contributed by atoms with Crippen molar-refractivity contribution in [3.63, 3.8) is 0 Å². The highest BCUT2D eigenvalue weighted by atomic mass is 16.6. The molecule has 5 aliphatic rings. The zero-order valence-corrected chi connectivity index (χ0v) is 31.1. The second-order valence-corrected chi connectivity index (χ2v) is 16.0. The number of nitrogens with one attached hydrogen (secondary N) is 2. The number of aromatic nitrogens is 1. The standard InChI is InChI=1S/C46H48N2O7/c1-52-40-20-27(8-15-39(40)51)44-41(53-24-48-28-5-3-2-4-6-28)22-36-35-21-34-30(25-7-14-37-26(19-25)17-18-47-37)11-12-31-38(50)16-13-32(42(31)34)43(35)46-33(45(36)55-44)10-9-29(23-49)54-46/h7-8,11-20,28-30,34,41,44,47-51H,2-6,9-10,21-24H2,1H3/t29-,30-,34-,41-,44-/m1/s1. The Labute approximate surface area is 320 Å². The molecule has 3 aliphatic carbocycles. The van der Waals surface area contributed by atoms with Gasteiger partial charge in [0.15, 0.2) is 17.6 Å². The van der Waals surface area contributed by atoms with Gasteiger partial charge in [-0.3, -0.25) is 5.32 Å². The zero-order chi connectivity index (χ0) is 37.2. The lowest BCUT2D eigenvalue weighted by Crippen LogP contribution is -2.40. The average molecular weight is 741 g/mol. The smallest absolute Gasteiger partial charge is 0.160 e. The van der Waals surface area contributed by atoms with Crippen molar-refractivity contribution in [1.29, 1.82) is 0 Å². The summed E-state index contributed by atoms with van der Waals surface area (Å²) in [6, 6.07) is 18.5. The zero-order valence-electron chi connectivity index (χ0n) is 31.1. The monoisotopic (exact) mass is 740 g/mol. The summed E-state index contributed by atoms with van der Waals surface area (Å²) < 4.78 is 26.3. The minimum atomic E-state index is -0.467. The normalized spacial score (nSPS) is 23.9. The number of phenols is 2. The molecule has 0 saturated heterocycles. The van der Waals surface area contributed by atoms with E-state index in [9.17, 15) is 15.3 Å². The van der Waals surface area contributed by atoms with Gasteiger partial charge in [-0.2, -0.15) is 0 Å². The van der Waals surface area contributed by atoms with E-state index in [0.29, 0.717) is 37.8 Å². The van der Waals surface area contributed by atoms with Crippen LogP contribution in [0.3, 0.4) is 0 Å². The molecule has 55 heavy (non-hydrogen) atoms. The van der Waals surface area contributed by atoms with Crippen LogP contribution in [-0.2, 0) is 24.0 Å². The SMILES string of the molecule is COc1cc([C@H]2Oc3c(c4c(c5c3CC[C@H](CO)O5)-c3ccc(O)c5c3[C@H](C4)[C@@H](c3ccc4[nH]ccc4c3)C=C5)C[C@H]2OCNC2CCCCC2)ccc1O. The summed E-state index contributed by atoms with van der Waals surface area (Å²) in [6.45, 7) is 0.339. The van der Waals surface area contributed by atoms with E-state index in [1.54, 1.807) is 13.2 Å². The average Bonchev–Trinajstić information content (AvgIpc) is 3.70. The van der Waals surface area contributed by atoms with Crippen LogP contribution in [0, 0.1) is 0 Å². The number of aliphatic hydroxyl groups is 1. The molecule has 3 heterocycles. The Morgan fingerprint density at radius 2 is 1.71 bits per heavy atom. The molecule has 0 bridgehead atoms. The van der Waals surface area contributed by atoms with E-state index in [0.717, 1.165) is 75.2 Å². The molecule has 1 aromatic heterocycles. The molecular formula is C46H48N2O7. The number of aromatic amines is 1. The predicted molar refractivity (Wildman–Crippen MR) is 211 cm³/mol. The molecule has 1 saturated carbocycles. The molecule has 0 spiro atoms. The van der Waals surface area contributed by atoms with Gasteiger partial charge in [0, 0.05) is 52.3 Å². The van der Waals surface area contributed by atoms with Gasteiger partial charge in [0.2, 0.25) is 0 Å². The van der Waals surface area contributed by atoms with Gasteiger partial charge in [-0.1, -0.05) is 49.6 Å². The van der Waals surface area contributed by atoms with E-state index in [1.165, 1.54) is 35.8 Å². The summed E-state index contributed by atoms with van der Waals surface area (Å²) in [6.07, 6.45) is 14.0. The van der Waals surface area contributed by atoms with Crippen molar-refractivity contribution in [3.05, 3.63) is 106 Å². The van der Waals surface area contributed by atoms with Gasteiger partial charge in [-0.25, -0.2) is 0 Å². The van der Waals surface area contributed by atoms with E-state index >= 15 is 0 Å². The molecular weight excluding hydrogens is 693 g/mol. The van der Waals surface area contributed by atoms with Crippen molar-refractivity contribution in [2.24, 2.45) is 0 Å². The first kappa shape index (κ1) is 34.5. The second-order valence-electron chi connectivity index (χ2n) is 16.0. The summed E-state index contributed by atoms with van der Waals surface area (Å²) in [5, 5.41) is 37.0. The van der Waals surface area contributed by atoms with Gasteiger partial charge in [0.25, 0.3) is 0 Å². The Morgan fingerprint density at radius 3 is 2.56 bits per heavy atom. The highest BCUT2D eigenvalue weighted by Gasteiger charge is 2.44. The first-order chi connectivity index (χ1) is 27.0. The van der Waals surface area contributed by atoms with Crippen molar-refractivity contribution in [2.75, 3.05) is 20.4 Å². The third kappa shape index (κ3) is 5.86. The number of benzene rings is 4. The molecule has 10 rings (SSSR count). The molecule has 4 aromatic carbocycles. The molecule has 9 heteroatoms. The van der Waals surface area contributed by atoms with Gasteiger partial charge in [0.05, 0.1) is 20.4 Å². The van der Waals surface area contributed by atoms with Crippen LogP contribution in [0.5, 0.6) is 28.7 Å². The molecule has 284 valence electrons. The largest absolute Gasteiger partial charge is 0.507 e. The summed E-state index contributed by atoms with van der Waals surface area (Å²) in [4.78, 5) is 3.33. The fraction of sp³-hybridized carbons (Fsp3) is 0.391. The number of methoxy groups -OCH3 is 1. The van der Waals surface area contributed by atoms with Crippen LogP contribution >= 0.6 is 0 Å². The first-order valence-electron chi connectivity index (χ1n) is 20.0. The quantitative estimate of drug-likeness (QED) is 0.101. The second kappa shape index (κ2) is 14.0. The van der Waals surface area contributed by atoms with Crippen LogP contribution < -0.4 is 19.5 Å². The van der Waals surface area contributed by atoms with Crippen molar-refractivity contribution < 1.29 is 34.3 Å². The van der Waals surface area contributed by atoms with Crippen LogP contribution in [0.4, 0.5) is 0 Å².